The molecule has 1 fully saturated rings. The number of para-hydroxylation sites is 2. The van der Waals surface area contributed by atoms with Gasteiger partial charge < -0.3 is 14.6 Å². The number of nitrogens with zero attached hydrogens (tertiary/aromatic N) is 2. The molecule has 1 aliphatic carbocycles. The predicted molar refractivity (Wildman–Crippen MR) is 90.2 cm³/mol. The van der Waals surface area contributed by atoms with Gasteiger partial charge in [0.2, 0.25) is 5.91 Å². The number of fused-ring (bicyclic) bond motifs is 1. The van der Waals surface area contributed by atoms with E-state index in [1.165, 1.54) is 0 Å². The molecule has 2 aromatic rings. The van der Waals surface area contributed by atoms with Crippen molar-refractivity contribution >= 4 is 22.9 Å². The molecule has 24 heavy (non-hydrogen) atoms. The summed E-state index contributed by atoms with van der Waals surface area (Å²) in [4.78, 5) is 28.8. The van der Waals surface area contributed by atoms with E-state index in [1.54, 1.807) is 0 Å². The molecule has 0 aliphatic heterocycles. The molecule has 1 amide bonds. The lowest BCUT2D eigenvalue weighted by Crippen LogP contribution is -2.30. The summed E-state index contributed by atoms with van der Waals surface area (Å²) < 4.78 is 7.09. The Balaban J connectivity index is 1.88. The van der Waals surface area contributed by atoms with Crippen LogP contribution in [0.25, 0.3) is 11.0 Å². The summed E-state index contributed by atoms with van der Waals surface area (Å²) in [6, 6.07) is 7.37. The Hall–Kier alpha value is -2.37. The second-order valence-electron chi connectivity index (χ2n) is 6.59. The van der Waals surface area contributed by atoms with Gasteiger partial charge >= 0.3 is 5.97 Å². The molecule has 1 aromatic heterocycles. The average molecular weight is 329 g/mol. The van der Waals surface area contributed by atoms with Crippen LogP contribution in [0.15, 0.2) is 24.3 Å². The fourth-order valence-corrected chi connectivity index (χ4v) is 2.76. The first-order valence-electron chi connectivity index (χ1n) is 8.40. The van der Waals surface area contributed by atoms with Crippen LogP contribution < -0.4 is 5.32 Å². The predicted octanol–water partition coefficient (Wildman–Crippen LogP) is 2.58. The molecule has 3 rings (SSSR count). The van der Waals surface area contributed by atoms with E-state index in [0.717, 1.165) is 23.9 Å². The van der Waals surface area contributed by atoms with Crippen molar-refractivity contribution in [2.75, 3.05) is 0 Å². The summed E-state index contributed by atoms with van der Waals surface area (Å²) in [6.07, 6.45) is 1.74. The van der Waals surface area contributed by atoms with E-state index < -0.39 is 0 Å². The monoisotopic (exact) mass is 329 g/mol. The van der Waals surface area contributed by atoms with Gasteiger partial charge in [0, 0.05) is 5.92 Å². The number of carbonyl (C=O) groups is 2. The molecule has 0 bridgehead atoms. The number of imidazole rings is 1. The second-order valence-corrected chi connectivity index (χ2v) is 6.59. The van der Waals surface area contributed by atoms with Crippen molar-refractivity contribution in [2.24, 2.45) is 5.92 Å². The molecule has 1 aliphatic rings. The van der Waals surface area contributed by atoms with Crippen molar-refractivity contribution in [1.29, 1.82) is 0 Å². The van der Waals surface area contributed by atoms with Gasteiger partial charge in [-0.25, -0.2) is 4.98 Å². The van der Waals surface area contributed by atoms with E-state index >= 15 is 0 Å². The van der Waals surface area contributed by atoms with E-state index in [9.17, 15) is 9.59 Å². The van der Waals surface area contributed by atoms with Crippen LogP contribution in [-0.2, 0) is 20.9 Å². The normalized spacial score (nSPS) is 15.5. The van der Waals surface area contributed by atoms with Crippen LogP contribution >= 0.6 is 0 Å². The van der Waals surface area contributed by atoms with Crippen LogP contribution in [0.2, 0.25) is 0 Å². The number of esters is 1. The number of amides is 1. The Morgan fingerprint density at radius 1 is 1.29 bits per heavy atom. The van der Waals surface area contributed by atoms with E-state index in [-0.39, 0.29) is 36.5 Å². The third-order valence-corrected chi connectivity index (χ3v) is 4.03. The molecule has 1 N–H and O–H groups in total. The number of carbonyl (C=O) groups excluding carboxylic acids is 2. The highest BCUT2D eigenvalue weighted by molar-refractivity contribution is 5.82. The Bertz CT molecular complexity index is 762. The second kappa shape index (κ2) is 6.63. The van der Waals surface area contributed by atoms with Gasteiger partial charge in [-0.1, -0.05) is 12.1 Å². The summed E-state index contributed by atoms with van der Waals surface area (Å²) in [5.74, 6) is 0.558. The summed E-state index contributed by atoms with van der Waals surface area (Å²) >= 11 is 0. The molecule has 0 saturated heterocycles. The molecule has 6 nitrogen and oxygen atoms in total. The molecule has 128 valence electrons. The topological polar surface area (TPSA) is 73.2 Å². The minimum atomic E-state index is -0.310. The number of aromatic nitrogens is 2. The quantitative estimate of drug-likeness (QED) is 0.827. The van der Waals surface area contributed by atoms with E-state index in [0.29, 0.717) is 5.82 Å². The fraction of sp³-hybridized carbons (Fsp3) is 0.500. The summed E-state index contributed by atoms with van der Waals surface area (Å²) in [7, 11) is 0. The third kappa shape index (κ3) is 3.58. The number of nitrogens with one attached hydrogen (secondary N) is 1. The lowest BCUT2D eigenvalue weighted by Gasteiger charge is -2.16. The first kappa shape index (κ1) is 16.5. The van der Waals surface area contributed by atoms with Gasteiger partial charge in [0.1, 0.15) is 12.4 Å². The minimum absolute atomic E-state index is 0.0610. The smallest absolute Gasteiger partial charge is 0.326 e. The zero-order valence-electron chi connectivity index (χ0n) is 14.3. The largest absolute Gasteiger partial charge is 0.462 e. The Morgan fingerprint density at radius 3 is 2.67 bits per heavy atom. The van der Waals surface area contributed by atoms with Gasteiger partial charge in [0.15, 0.2) is 0 Å². The van der Waals surface area contributed by atoms with Crippen LogP contribution in [0.4, 0.5) is 0 Å². The number of hydrogen-bond donors (Lipinski definition) is 1. The van der Waals surface area contributed by atoms with Gasteiger partial charge in [0.25, 0.3) is 0 Å². The maximum absolute atomic E-state index is 12.1. The molecule has 1 aromatic carbocycles. The highest BCUT2D eigenvalue weighted by Gasteiger charge is 2.31. The molecule has 0 spiro atoms. The first-order valence-corrected chi connectivity index (χ1v) is 8.40. The lowest BCUT2D eigenvalue weighted by molar-refractivity contribution is -0.148. The molecule has 0 radical (unpaired) electrons. The van der Waals surface area contributed by atoms with Crippen molar-refractivity contribution in [3.63, 3.8) is 0 Å². The number of ether oxygens (including phenoxy) is 1. The minimum Gasteiger partial charge on any atom is -0.462 e. The lowest BCUT2D eigenvalue weighted by atomic mass is 10.2. The zero-order chi connectivity index (χ0) is 17.3. The van der Waals surface area contributed by atoms with Crippen LogP contribution in [0, 0.1) is 5.92 Å². The van der Waals surface area contributed by atoms with E-state index in [1.807, 2.05) is 49.6 Å². The molecule has 6 heteroatoms. The van der Waals surface area contributed by atoms with Gasteiger partial charge in [-0.2, -0.15) is 0 Å². The summed E-state index contributed by atoms with van der Waals surface area (Å²) in [5, 5.41) is 3.00. The highest BCUT2D eigenvalue weighted by Crippen LogP contribution is 2.30. The van der Waals surface area contributed by atoms with Crippen LogP contribution in [0.5, 0.6) is 0 Å². The summed E-state index contributed by atoms with van der Waals surface area (Å²) in [6.45, 7) is 5.62. The Morgan fingerprint density at radius 2 is 2.00 bits per heavy atom. The zero-order valence-corrected chi connectivity index (χ0v) is 14.3. The maximum Gasteiger partial charge on any atom is 0.326 e. The number of rotatable bonds is 6. The van der Waals surface area contributed by atoms with Crippen LogP contribution in [-0.4, -0.2) is 27.5 Å². The number of hydrogen-bond acceptors (Lipinski definition) is 4. The van der Waals surface area contributed by atoms with Crippen molar-refractivity contribution in [3.05, 3.63) is 30.1 Å². The number of benzene rings is 1. The fourth-order valence-electron chi connectivity index (χ4n) is 2.76. The molecular formula is C18H23N3O3. The van der Waals surface area contributed by atoms with Crippen molar-refractivity contribution in [2.45, 2.75) is 52.3 Å². The Labute approximate surface area is 141 Å². The SMILES string of the molecule is CC(C)OC(=O)Cn1c(C(C)NC(=O)C2CC2)nc2ccccc21. The standard InChI is InChI=1S/C18H23N3O3/c1-11(2)24-16(22)10-21-15-7-5-4-6-14(15)20-17(21)12(3)19-18(23)13-8-9-13/h4-7,11-13H,8-10H2,1-3H3,(H,19,23). The van der Waals surface area contributed by atoms with Crippen LogP contribution in [0.1, 0.15) is 45.5 Å². The first-order chi connectivity index (χ1) is 11.5. The van der Waals surface area contributed by atoms with Crippen molar-refractivity contribution in [1.82, 2.24) is 14.9 Å². The molecule has 1 heterocycles. The van der Waals surface area contributed by atoms with Crippen molar-refractivity contribution in [3.8, 4) is 0 Å². The third-order valence-electron chi connectivity index (χ3n) is 4.03. The van der Waals surface area contributed by atoms with Gasteiger partial charge in [-0.05, 0) is 45.7 Å². The van der Waals surface area contributed by atoms with Gasteiger partial charge in [0.05, 0.1) is 23.2 Å². The molecular weight excluding hydrogens is 306 g/mol. The van der Waals surface area contributed by atoms with E-state index in [2.05, 4.69) is 10.3 Å². The summed E-state index contributed by atoms with van der Waals surface area (Å²) in [5.41, 5.74) is 1.66. The molecule has 1 saturated carbocycles. The van der Waals surface area contributed by atoms with E-state index in [4.69, 9.17) is 4.74 Å². The average Bonchev–Trinajstić information content (AvgIpc) is 3.30. The highest BCUT2D eigenvalue weighted by atomic mass is 16.5. The van der Waals surface area contributed by atoms with Crippen LogP contribution in [0.3, 0.4) is 0 Å². The maximum atomic E-state index is 12.1. The van der Waals surface area contributed by atoms with Crippen molar-refractivity contribution < 1.29 is 14.3 Å². The molecule has 1 atom stereocenters. The molecule has 1 unspecified atom stereocenters. The van der Waals surface area contributed by atoms with Gasteiger partial charge in [-0.3, -0.25) is 9.59 Å². The van der Waals surface area contributed by atoms with Gasteiger partial charge in [-0.15, -0.1) is 0 Å². The Kier molecular flexibility index (Phi) is 4.55.